The lowest BCUT2D eigenvalue weighted by molar-refractivity contribution is -0.150. The number of carbonyl (C=O) groups is 2. The SMILES string of the molecule is CCC(C(=O)O)N(C(=O)SCc1ccccc1)C(P=O)(N1CCCC1)N1CCCC1. The lowest BCUT2D eigenvalue weighted by atomic mass is 10.2. The zero-order chi connectivity index (χ0) is 21.6. The van der Waals surface area contributed by atoms with Gasteiger partial charge in [0.1, 0.15) is 6.04 Å². The molecule has 1 unspecified atom stereocenters. The number of rotatable bonds is 9. The van der Waals surface area contributed by atoms with Crippen molar-refractivity contribution in [2.24, 2.45) is 0 Å². The van der Waals surface area contributed by atoms with Crippen molar-refractivity contribution in [3.8, 4) is 0 Å². The van der Waals surface area contributed by atoms with Crippen molar-refractivity contribution in [2.45, 2.75) is 56.4 Å². The first kappa shape index (κ1) is 23.2. The summed E-state index contributed by atoms with van der Waals surface area (Å²) in [6, 6.07) is 8.60. The molecule has 1 amide bonds. The molecule has 3 rings (SSSR count). The molecule has 2 heterocycles. The second kappa shape index (κ2) is 10.7. The Labute approximate surface area is 184 Å². The molecular weight excluding hydrogens is 421 g/mol. The minimum atomic E-state index is -1.24. The smallest absolute Gasteiger partial charge is 0.326 e. The maximum atomic E-state index is 13.6. The molecule has 1 aromatic carbocycles. The highest BCUT2D eigenvalue weighted by Crippen LogP contribution is 2.43. The van der Waals surface area contributed by atoms with E-state index in [4.69, 9.17) is 0 Å². The van der Waals surface area contributed by atoms with Crippen LogP contribution < -0.4 is 0 Å². The lowest BCUT2D eigenvalue weighted by Crippen LogP contribution is -2.69. The Balaban J connectivity index is 1.99. The van der Waals surface area contributed by atoms with Crippen LogP contribution in [0.5, 0.6) is 0 Å². The highest BCUT2D eigenvalue weighted by molar-refractivity contribution is 8.12. The van der Waals surface area contributed by atoms with Gasteiger partial charge < -0.3 is 5.11 Å². The summed E-state index contributed by atoms with van der Waals surface area (Å²) in [5, 5.41) is 9.64. The number of carbonyl (C=O) groups excluding carboxylic acids is 1. The van der Waals surface area contributed by atoms with E-state index in [1.165, 1.54) is 4.90 Å². The first-order valence-electron chi connectivity index (χ1n) is 10.6. The molecule has 2 fully saturated rings. The number of benzene rings is 1. The van der Waals surface area contributed by atoms with Crippen LogP contribution in [0.15, 0.2) is 30.3 Å². The topological polar surface area (TPSA) is 81.2 Å². The summed E-state index contributed by atoms with van der Waals surface area (Å²) in [5.74, 6) is -0.615. The number of amides is 1. The molecule has 1 aromatic rings. The molecule has 7 nitrogen and oxygen atoms in total. The van der Waals surface area contributed by atoms with Crippen LogP contribution in [0.4, 0.5) is 4.79 Å². The Bertz CT molecular complexity index is 723. The van der Waals surface area contributed by atoms with Gasteiger partial charge in [-0.25, -0.2) is 4.79 Å². The average molecular weight is 452 g/mol. The first-order chi connectivity index (χ1) is 14.5. The van der Waals surface area contributed by atoms with E-state index in [0.29, 0.717) is 31.9 Å². The Morgan fingerprint density at radius 3 is 2.07 bits per heavy atom. The zero-order valence-corrected chi connectivity index (χ0v) is 19.1. The minimum absolute atomic E-state index is 0.244. The quantitative estimate of drug-likeness (QED) is 0.561. The molecule has 9 heteroatoms. The first-order valence-corrected chi connectivity index (χ1v) is 12.4. The Kier molecular flexibility index (Phi) is 8.28. The van der Waals surface area contributed by atoms with Crippen molar-refractivity contribution in [3.63, 3.8) is 0 Å². The summed E-state index contributed by atoms with van der Waals surface area (Å²) < 4.78 is 12.9. The van der Waals surface area contributed by atoms with Gasteiger partial charge in [-0.05, 0) is 37.7 Å². The summed E-state index contributed by atoms with van der Waals surface area (Å²) in [5.41, 5.74) is -0.251. The predicted molar refractivity (Wildman–Crippen MR) is 119 cm³/mol. The third-order valence-corrected chi connectivity index (χ3v) is 7.84. The van der Waals surface area contributed by atoms with Crippen molar-refractivity contribution >= 4 is 31.4 Å². The molecule has 2 aliphatic rings. The molecule has 0 aromatic heterocycles. The summed E-state index contributed by atoms with van der Waals surface area (Å²) in [6.07, 6.45) is 4.07. The van der Waals surface area contributed by atoms with E-state index < -0.39 is 17.5 Å². The predicted octanol–water partition coefficient (Wildman–Crippen LogP) is 4.30. The summed E-state index contributed by atoms with van der Waals surface area (Å²) >= 11 is 1.09. The van der Waals surface area contributed by atoms with Crippen LogP contribution in [0.25, 0.3) is 0 Å². The van der Waals surface area contributed by atoms with Gasteiger partial charge in [-0.2, -0.15) is 0 Å². The molecule has 1 atom stereocenters. The maximum absolute atomic E-state index is 13.6. The van der Waals surface area contributed by atoms with Crippen LogP contribution in [0, 0.1) is 0 Å². The molecule has 2 aliphatic heterocycles. The van der Waals surface area contributed by atoms with Gasteiger partial charge in [0.2, 0.25) is 14.0 Å². The van der Waals surface area contributed by atoms with E-state index >= 15 is 0 Å². The van der Waals surface area contributed by atoms with Crippen LogP contribution in [0.3, 0.4) is 0 Å². The molecule has 0 spiro atoms. The molecule has 0 radical (unpaired) electrons. The maximum Gasteiger partial charge on any atom is 0.326 e. The number of carboxylic acid groups (broad SMARTS) is 1. The molecule has 30 heavy (non-hydrogen) atoms. The minimum Gasteiger partial charge on any atom is -0.480 e. The van der Waals surface area contributed by atoms with E-state index in [9.17, 15) is 19.3 Å². The number of nitrogens with zero attached hydrogens (tertiary/aromatic N) is 3. The van der Waals surface area contributed by atoms with Crippen molar-refractivity contribution in [1.82, 2.24) is 14.7 Å². The molecule has 164 valence electrons. The fourth-order valence-corrected chi connectivity index (χ4v) is 6.31. The van der Waals surface area contributed by atoms with Crippen LogP contribution >= 0.6 is 20.2 Å². The van der Waals surface area contributed by atoms with Crippen molar-refractivity contribution in [2.75, 3.05) is 26.2 Å². The van der Waals surface area contributed by atoms with Gasteiger partial charge in [0, 0.05) is 31.9 Å². The van der Waals surface area contributed by atoms with E-state index in [1.807, 2.05) is 30.3 Å². The number of aliphatic carboxylic acids is 1. The van der Waals surface area contributed by atoms with Crippen molar-refractivity contribution in [3.05, 3.63) is 35.9 Å². The fourth-order valence-electron chi connectivity index (χ4n) is 4.41. The van der Waals surface area contributed by atoms with Gasteiger partial charge in [-0.1, -0.05) is 49.0 Å². The Hall–Kier alpha value is -1.47. The van der Waals surface area contributed by atoms with Crippen LogP contribution in [0.2, 0.25) is 0 Å². The number of likely N-dealkylation sites (tertiary alicyclic amines) is 2. The Morgan fingerprint density at radius 2 is 1.63 bits per heavy atom. The highest BCUT2D eigenvalue weighted by Gasteiger charge is 2.55. The number of carboxylic acids is 1. The molecule has 0 saturated carbocycles. The van der Waals surface area contributed by atoms with Gasteiger partial charge in [-0.3, -0.25) is 24.1 Å². The van der Waals surface area contributed by atoms with E-state index in [2.05, 4.69) is 9.80 Å². The van der Waals surface area contributed by atoms with Gasteiger partial charge in [0.15, 0.2) is 0 Å². The molecule has 1 N–H and O–H groups in total. The summed E-state index contributed by atoms with van der Waals surface area (Å²) in [6.45, 7) is 4.58. The third kappa shape index (κ3) is 4.72. The van der Waals surface area contributed by atoms with Gasteiger partial charge in [0.05, 0.1) is 0 Å². The Morgan fingerprint density at radius 1 is 1.10 bits per heavy atom. The number of thioether (sulfide) groups is 1. The average Bonchev–Trinajstić information content (AvgIpc) is 3.48. The second-order valence-corrected chi connectivity index (χ2v) is 9.46. The molecular formula is C21H30N3O4PS. The third-order valence-electron chi connectivity index (χ3n) is 5.89. The van der Waals surface area contributed by atoms with E-state index in [-0.39, 0.29) is 20.1 Å². The summed E-state index contributed by atoms with van der Waals surface area (Å²) in [4.78, 5) is 31.3. The standard InChI is InChI=1S/C21H30N3O4PS/c1-2-18(19(25)26)24(20(27)30-16-17-10-4-3-5-11-17)21(29-28,22-12-6-7-13-22)23-14-8-9-15-23/h3-5,10-11,18H,2,6-9,12-16H2,1H3,(H,25,26). The number of hydrogen-bond donors (Lipinski definition) is 1. The highest BCUT2D eigenvalue weighted by atomic mass is 32.2. The van der Waals surface area contributed by atoms with Crippen molar-refractivity contribution < 1.29 is 19.3 Å². The molecule has 2 saturated heterocycles. The monoisotopic (exact) mass is 451 g/mol. The second-order valence-electron chi connectivity index (χ2n) is 7.75. The van der Waals surface area contributed by atoms with Crippen LogP contribution in [-0.2, 0) is 15.1 Å². The van der Waals surface area contributed by atoms with Crippen molar-refractivity contribution in [1.29, 1.82) is 0 Å². The van der Waals surface area contributed by atoms with E-state index in [0.717, 1.165) is 43.0 Å². The number of hydrogen-bond acceptors (Lipinski definition) is 6. The molecule has 0 aliphatic carbocycles. The van der Waals surface area contributed by atoms with Gasteiger partial charge >= 0.3 is 5.97 Å². The fraction of sp³-hybridized carbons (Fsp3) is 0.619. The van der Waals surface area contributed by atoms with Crippen LogP contribution in [0.1, 0.15) is 44.6 Å². The summed E-state index contributed by atoms with van der Waals surface area (Å²) in [7, 11) is -0.244. The van der Waals surface area contributed by atoms with Crippen LogP contribution in [-0.4, -0.2) is 68.8 Å². The van der Waals surface area contributed by atoms with Gasteiger partial charge in [0.25, 0.3) is 5.24 Å². The van der Waals surface area contributed by atoms with E-state index in [1.54, 1.807) is 6.92 Å². The zero-order valence-electron chi connectivity index (χ0n) is 17.4. The van der Waals surface area contributed by atoms with Gasteiger partial charge in [-0.15, -0.1) is 0 Å². The largest absolute Gasteiger partial charge is 0.480 e. The normalized spacial score (nSPS) is 19.2. The lowest BCUT2D eigenvalue weighted by Gasteiger charge is -2.51. The molecule has 0 bridgehead atoms.